The summed E-state index contributed by atoms with van der Waals surface area (Å²) in [5, 5.41) is 14.0. The van der Waals surface area contributed by atoms with Crippen molar-refractivity contribution in [1.29, 1.82) is 0 Å². The van der Waals surface area contributed by atoms with Crippen LogP contribution in [0.3, 0.4) is 0 Å². The van der Waals surface area contributed by atoms with Gasteiger partial charge in [0.15, 0.2) is 0 Å². The van der Waals surface area contributed by atoms with Crippen molar-refractivity contribution in [3.05, 3.63) is 29.8 Å². The predicted octanol–water partition coefficient (Wildman–Crippen LogP) is 2.04. The summed E-state index contributed by atoms with van der Waals surface area (Å²) >= 11 is 0. The summed E-state index contributed by atoms with van der Waals surface area (Å²) in [6, 6.07) is 7.02. The Morgan fingerprint density at radius 3 is 2.48 bits per heavy atom. The second kappa shape index (κ2) is 9.45. The van der Waals surface area contributed by atoms with Gasteiger partial charge in [-0.2, -0.15) is 0 Å². The highest BCUT2D eigenvalue weighted by Gasteiger charge is 2.06. The van der Waals surface area contributed by atoms with Crippen LogP contribution in [0.5, 0.6) is 0 Å². The highest BCUT2D eigenvalue weighted by atomic mass is 16.4. The third-order valence-corrected chi connectivity index (χ3v) is 3.12. The molecule has 0 unspecified atom stereocenters. The maximum absolute atomic E-state index is 11.7. The van der Waals surface area contributed by atoms with Gasteiger partial charge >= 0.3 is 12.0 Å². The molecule has 0 radical (unpaired) electrons. The Balaban J connectivity index is 2.38. The van der Waals surface area contributed by atoms with Gasteiger partial charge in [-0.3, -0.25) is 9.59 Å². The summed E-state index contributed by atoms with van der Waals surface area (Å²) in [6.45, 7) is 0.365. The number of carboxylic acids is 1. The van der Waals surface area contributed by atoms with E-state index in [1.165, 1.54) is 4.90 Å². The van der Waals surface area contributed by atoms with Gasteiger partial charge in [0, 0.05) is 39.2 Å². The fourth-order valence-electron chi connectivity index (χ4n) is 1.85. The van der Waals surface area contributed by atoms with Crippen LogP contribution >= 0.6 is 0 Å². The van der Waals surface area contributed by atoms with Crippen molar-refractivity contribution < 1.29 is 19.5 Å². The zero-order valence-corrected chi connectivity index (χ0v) is 13.5. The van der Waals surface area contributed by atoms with Crippen LogP contribution in [0.25, 0.3) is 0 Å². The van der Waals surface area contributed by atoms with Crippen molar-refractivity contribution in [1.82, 2.24) is 10.2 Å². The van der Waals surface area contributed by atoms with Crippen LogP contribution in [0.4, 0.5) is 10.5 Å². The summed E-state index contributed by atoms with van der Waals surface area (Å²) in [5.41, 5.74) is 1.54. The molecule has 1 rings (SSSR count). The van der Waals surface area contributed by atoms with Crippen molar-refractivity contribution in [2.75, 3.05) is 19.4 Å². The molecule has 1 aromatic carbocycles. The minimum atomic E-state index is -0.845. The van der Waals surface area contributed by atoms with Gasteiger partial charge in [0.2, 0.25) is 5.91 Å². The molecule has 0 saturated carbocycles. The lowest BCUT2D eigenvalue weighted by atomic mass is 10.1. The average molecular weight is 321 g/mol. The summed E-state index contributed by atoms with van der Waals surface area (Å²) in [4.78, 5) is 35.1. The zero-order chi connectivity index (χ0) is 17.2. The van der Waals surface area contributed by atoms with E-state index in [2.05, 4.69) is 10.6 Å². The van der Waals surface area contributed by atoms with Gasteiger partial charge in [0.1, 0.15) is 0 Å². The molecule has 0 atom stereocenters. The first kappa shape index (κ1) is 18.5. The molecule has 7 nitrogen and oxygen atoms in total. The van der Waals surface area contributed by atoms with Crippen molar-refractivity contribution in [2.45, 2.75) is 32.2 Å². The lowest BCUT2D eigenvalue weighted by Gasteiger charge is -2.13. The lowest BCUT2D eigenvalue weighted by Crippen LogP contribution is -2.27. The molecule has 1 aromatic rings. The average Bonchev–Trinajstić information content (AvgIpc) is 2.49. The van der Waals surface area contributed by atoms with Crippen LogP contribution < -0.4 is 10.6 Å². The number of carbonyl (C=O) groups is 3. The van der Waals surface area contributed by atoms with Crippen molar-refractivity contribution in [3.63, 3.8) is 0 Å². The van der Waals surface area contributed by atoms with E-state index in [0.717, 1.165) is 5.56 Å². The normalized spacial score (nSPS) is 10.0. The highest BCUT2D eigenvalue weighted by molar-refractivity contribution is 5.89. The predicted molar refractivity (Wildman–Crippen MR) is 87.1 cm³/mol. The molecular formula is C16H23N3O4. The maximum Gasteiger partial charge on any atom is 0.321 e. The lowest BCUT2D eigenvalue weighted by molar-refractivity contribution is -0.137. The second-order valence-corrected chi connectivity index (χ2v) is 5.40. The van der Waals surface area contributed by atoms with E-state index in [9.17, 15) is 14.4 Å². The number of unbranched alkanes of at least 4 members (excludes halogenated alkanes) is 1. The quantitative estimate of drug-likeness (QED) is 0.638. The fraction of sp³-hybridized carbons (Fsp3) is 0.438. The molecule has 0 aliphatic carbocycles. The molecule has 0 heterocycles. The molecule has 0 spiro atoms. The van der Waals surface area contributed by atoms with Crippen LogP contribution in [-0.4, -0.2) is 42.0 Å². The van der Waals surface area contributed by atoms with Crippen LogP contribution in [0.15, 0.2) is 24.3 Å². The Hall–Kier alpha value is -2.57. The summed E-state index contributed by atoms with van der Waals surface area (Å²) in [5.74, 6) is -0.958. The monoisotopic (exact) mass is 321 g/mol. The molecule has 7 heteroatoms. The molecule has 126 valence electrons. The van der Waals surface area contributed by atoms with E-state index in [0.29, 0.717) is 31.5 Å². The number of hydrogen-bond donors (Lipinski definition) is 3. The fourth-order valence-corrected chi connectivity index (χ4v) is 1.85. The number of anilines is 1. The number of nitrogens with one attached hydrogen (secondary N) is 2. The summed E-state index contributed by atoms with van der Waals surface area (Å²) in [6.07, 6.45) is 1.44. The molecular weight excluding hydrogens is 298 g/mol. The number of rotatable bonds is 8. The van der Waals surface area contributed by atoms with Gasteiger partial charge in [-0.25, -0.2) is 4.79 Å². The number of hydrogen-bond acceptors (Lipinski definition) is 3. The number of benzene rings is 1. The molecule has 0 saturated heterocycles. The van der Waals surface area contributed by atoms with Gasteiger partial charge in [-0.15, -0.1) is 0 Å². The largest absolute Gasteiger partial charge is 0.481 e. The Morgan fingerprint density at radius 1 is 1.13 bits per heavy atom. The van der Waals surface area contributed by atoms with Crippen LogP contribution in [0, 0.1) is 0 Å². The number of aliphatic carboxylic acids is 1. The Kier molecular flexibility index (Phi) is 7.59. The first-order valence-electron chi connectivity index (χ1n) is 7.44. The smallest absolute Gasteiger partial charge is 0.321 e. The van der Waals surface area contributed by atoms with E-state index in [4.69, 9.17) is 5.11 Å². The molecule has 23 heavy (non-hydrogen) atoms. The topological polar surface area (TPSA) is 98.7 Å². The van der Waals surface area contributed by atoms with Crippen molar-refractivity contribution in [3.8, 4) is 0 Å². The number of urea groups is 1. The third-order valence-electron chi connectivity index (χ3n) is 3.12. The van der Waals surface area contributed by atoms with Gasteiger partial charge in [-0.1, -0.05) is 12.1 Å². The molecule has 0 aliphatic heterocycles. The Morgan fingerprint density at radius 2 is 1.83 bits per heavy atom. The van der Waals surface area contributed by atoms with Gasteiger partial charge in [0.25, 0.3) is 0 Å². The van der Waals surface area contributed by atoms with E-state index < -0.39 is 5.97 Å². The van der Waals surface area contributed by atoms with Crippen LogP contribution in [-0.2, 0) is 16.1 Å². The second-order valence-electron chi connectivity index (χ2n) is 5.40. The number of nitrogens with zero attached hydrogens (tertiary/aromatic N) is 1. The standard InChI is InChI=1S/C16H23N3O4/c1-19(2)16(23)18-13-7-5-6-12(10-13)11-17-14(20)8-3-4-9-15(21)22/h5-7,10H,3-4,8-9,11H2,1-2H3,(H,17,20)(H,18,23)(H,21,22). The van der Waals surface area contributed by atoms with E-state index in [-0.39, 0.29) is 18.4 Å². The van der Waals surface area contributed by atoms with Crippen molar-refractivity contribution >= 4 is 23.6 Å². The van der Waals surface area contributed by atoms with E-state index in [1.807, 2.05) is 6.07 Å². The van der Waals surface area contributed by atoms with Crippen molar-refractivity contribution in [2.24, 2.45) is 0 Å². The first-order valence-corrected chi connectivity index (χ1v) is 7.44. The highest BCUT2D eigenvalue weighted by Crippen LogP contribution is 2.11. The summed E-state index contributed by atoms with van der Waals surface area (Å²) in [7, 11) is 3.31. The molecule has 0 aromatic heterocycles. The minimum Gasteiger partial charge on any atom is -0.481 e. The number of carboxylic acid groups (broad SMARTS) is 1. The molecule has 0 fully saturated rings. The van der Waals surface area contributed by atoms with Crippen LogP contribution in [0.2, 0.25) is 0 Å². The van der Waals surface area contributed by atoms with Crippen LogP contribution in [0.1, 0.15) is 31.2 Å². The molecule has 3 N–H and O–H groups in total. The first-order chi connectivity index (χ1) is 10.9. The SMILES string of the molecule is CN(C)C(=O)Nc1cccc(CNC(=O)CCCCC(=O)O)c1. The summed E-state index contributed by atoms with van der Waals surface area (Å²) < 4.78 is 0. The molecule has 0 bridgehead atoms. The van der Waals surface area contributed by atoms with E-state index in [1.54, 1.807) is 32.3 Å². The van der Waals surface area contributed by atoms with E-state index >= 15 is 0 Å². The molecule has 3 amide bonds. The zero-order valence-electron chi connectivity index (χ0n) is 13.5. The minimum absolute atomic E-state index is 0.0842. The number of amides is 3. The van der Waals surface area contributed by atoms with Gasteiger partial charge in [0.05, 0.1) is 0 Å². The number of carbonyl (C=O) groups excluding carboxylic acids is 2. The van der Waals surface area contributed by atoms with Gasteiger partial charge in [-0.05, 0) is 30.5 Å². The molecule has 0 aliphatic rings. The Labute approximate surface area is 135 Å². The van der Waals surface area contributed by atoms with Gasteiger partial charge < -0.3 is 20.6 Å². The third kappa shape index (κ3) is 7.85. The Bertz CT molecular complexity index is 558. The maximum atomic E-state index is 11.7.